The van der Waals surface area contributed by atoms with Gasteiger partial charge in [0.25, 0.3) is 0 Å². The van der Waals surface area contributed by atoms with Crippen molar-refractivity contribution in [2.45, 2.75) is 110 Å². The predicted octanol–water partition coefficient (Wildman–Crippen LogP) is 2.73. The second-order valence-corrected chi connectivity index (χ2v) is 6.96. The number of carboxylic acids is 1. The molecule has 0 spiro atoms. The Bertz CT molecular complexity index is 378. The van der Waals surface area contributed by atoms with Crippen LogP contribution in [0.1, 0.15) is 105 Å². The molecule has 4 nitrogen and oxygen atoms in total. The number of carbonyl (C=O) groups is 2. The monoisotopic (exact) mass is 377 g/mol. The van der Waals surface area contributed by atoms with Gasteiger partial charge in [-0.1, -0.05) is 70.4 Å². The molecule has 0 radical (unpaired) electrons. The maximum atomic E-state index is 11.5. The standard InChI is InChI=1S/C21H39NO3.Na.H/c1-3-4-5-6-7-8-9-10-11-12-13-14-15-16-17-18-20(23)22-19(2)21(24)25;;/h10-11,19H,3-9,12-18H2,1-2H3,(H,22,23)(H,24,25);;/q;+1;-1. The van der Waals surface area contributed by atoms with Crippen molar-refractivity contribution in [1.82, 2.24) is 5.32 Å². The average Bonchev–Trinajstić information content (AvgIpc) is 2.58. The van der Waals surface area contributed by atoms with E-state index < -0.39 is 12.0 Å². The van der Waals surface area contributed by atoms with Crippen LogP contribution in [-0.4, -0.2) is 23.0 Å². The average molecular weight is 378 g/mol. The summed E-state index contributed by atoms with van der Waals surface area (Å²) in [5.41, 5.74) is 0. The van der Waals surface area contributed by atoms with Crippen LogP contribution in [0.25, 0.3) is 0 Å². The van der Waals surface area contributed by atoms with Crippen LogP contribution in [0.2, 0.25) is 0 Å². The molecule has 1 amide bonds. The van der Waals surface area contributed by atoms with Crippen LogP contribution in [-0.2, 0) is 9.59 Å². The zero-order chi connectivity index (χ0) is 18.8. The van der Waals surface area contributed by atoms with Crippen molar-refractivity contribution in [2.75, 3.05) is 0 Å². The Balaban J connectivity index is -0.00000288. The summed E-state index contributed by atoms with van der Waals surface area (Å²) < 4.78 is 0. The summed E-state index contributed by atoms with van der Waals surface area (Å²) in [5, 5.41) is 11.2. The minimum Gasteiger partial charge on any atom is -1.00 e. The second-order valence-electron chi connectivity index (χ2n) is 6.96. The van der Waals surface area contributed by atoms with Crippen LogP contribution in [0.3, 0.4) is 0 Å². The van der Waals surface area contributed by atoms with Crippen molar-refractivity contribution < 1.29 is 45.7 Å². The Morgan fingerprint density at radius 3 is 1.85 bits per heavy atom. The maximum Gasteiger partial charge on any atom is 1.00 e. The molecule has 2 N–H and O–H groups in total. The number of carboxylic acid groups (broad SMARTS) is 1. The molecule has 0 aliphatic heterocycles. The number of aliphatic carboxylic acids is 1. The molecular formula is C21H40NNaO3. The van der Waals surface area contributed by atoms with E-state index in [0.717, 1.165) is 25.7 Å². The first kappa shape index (κ1) is 27.9. The fourth-order valence-corrected chi connectivity index (χ4v) is 2.73. The van der Waals surface area contributed by atoms with Gasteiger partial charge in [-0.25, -0.2) is 0 Å². The fraction of sp³-hybridized carbons (Fsp3) is 0.810. The second kappa shape index (κ2) is 21.0. The molecule has 0 rings (SSSR count). The summed E-state index contributed by atoms with van der Waals surface area (Å²) in [6.07, 6.45) is 21.0. The molecule has 0 fully saturated rings. The molecule has 26 heavy (non-hydrogen) atoms. The minimum atomic E-state index is -0.988. The Morgan fingerprint density at radius 2 is 1.35 bits per heavy atom. The number of carbonyl (C=O) groups excluding carboxylic acids is 1. The van der Waals surface area contributed by atoms with E-state index >= 15 is 0 Å². The van der Waals surface area contributed by atoms with Gasteiger partial charge >= 0.3 is 35.5 Å². The number of allylic oxidation sites excluding steroid dienone is 2. The third-order valence-electron chi connectivity index (χ3n) is 4.41. The molecule has 0 aliphatic rings. The van der Waals surface area contributed by atoms with Gasteiger partial charge in [0, 0.05) is 6.42 Å². The Labute approximate surface area is 184 Å². The van der Waals surface area contributed by atoms with Gasteiger partial charge in [-0.3, -0.25) is 9.59 Å². The van der Waals surface area contributed by atoms with Crippen LogP contribution in [0.4, 0.5) is 0 Å². The van der Waals surface area contributed by atoms with Gasteiger partial charge < -0.3 is 11.8 Å². The molecule has 0 aliphatic carbocycles. The predicted molar refractivity (Wildman–Crippen MR) is 106 cm³/mol. The minimum absolute atomic E-state index is 0. The molecule has 0 saturated heterocycles. The Hall–Kier alpha value is -0.320. The van der Waals surface area contributed by atoms with E-state index in [1.165, 1.54) is 64.7 Å². The zero-order valence-electron chi connectivity index (χ0n) is 18.4. The van der Waals surface area contributed by atoms with Crippen molar-refractivity contribution in [3.05, 3.63) is 12.2 Å². The van der Waals surface area contributed by atoms with Crippen LogP contribution in [0.15, 0.2) is 12.2 Å². The van der Waals surface area contributed by atoms with Crippen molar-refractivity contribution in [3.8, 4) is 0 Å². The summed E-state index contributed by atoms with van der Waals surface area (Å²) in [4.78, 5) is 22.1. The van der Waals surface area contributed by atoms with E-state index in [4.69, 9.17) is 5.11 Å². The molecule has 1 unspecified atom stereocenters. The fourth-order valence-electron chi connectivity index (χ4n) is 2.73. The molecule has 0 heterocycles. The van der Waals surface area contributed by atoms with E-state index in [9.17, 15) is 9.59 Å². The molecule has 0 bridgehead atoms. The molecular weight excluding hydrogens is 337 g/mol. The van der Waals surface area contributed by atoms with Crippen LogP contribution in [0.5, 0.6) is 0 Å². The smallest absolute Gasteiger partial charge is 1.00 e. The number of rotatable bonds is 17. The molecule has 1 atom stereocenters. The van der Waals surface area contributed by atoms with Gasteiger partial charge in [0.05, 0.1) is 0 Å². The van der Waals surface area contributed by atoms with E-state index in [1.807, 2.05) is 0 Å². The number of nitrogens with one attached hydrogen (secondary N) is 1. The van der Waals surface area contributed by atoms with E-state index in [1.54, 1.807) is 0 Å². The first-order chi connectivity index (χ1) is 12.1. The van der Waals surface area contributed by atoms with E-state index in [0.29, 0.717) is 6.42 Å². The Morgan fingerprint density at radius 1 is 0.885 bits per heavy atom. The van der Waals surface area contributed by atoms with Gasteiger partial charge in [-0.15, -0.1) is 0 Å². The SMILES string of the molecule is CCCCCCCCC=CCCCCCCCC(=O)NC(C)C(=O)O.[H-].[Na+]. The van der Waals surface area contributed by atoms with Gasteiger partial charge in [-0.2, -0.15) is 0 Å². The number of unbranched alkanes of at least 4 members (excludes halogenated alkanes) is 11. The molecule has 148 valence electrons. The van der Waals surface area contributed by atoms with Crippen molar-refractivity contribution >= 4 is 11.9 Å². The molecule has 0 aromatic heterocycles. The maximum absolute atomic E-state index is 11.5. The topological polar surface area (TPSA) is 66.4 Å². The largest absolute Gasteiger partial charge is 1.00 e. The molecule has 5 heteroatoms. The summed E-state index contributed by atoms with van der Waals surface area (Å²) in [6.45, 7) is 3.74. The first-order valence-electron chi connectivity index (χ1n) is 10.2. The van der Waals surface area contributed by atoms with Crippen LogP contribution < -0.4 is 34.9 Å². The van der Waals surface area contributed by atoms with Crippen molar-refractivity contribution in [1.29, 1.82) is 0 Å². The zero-order valence-corrected chi connectivity index (χ0v) is 19.4. The van der Waals surface area contributed by atoms with Gasteiger partial charge in [0.1, 0.15) is 6.04 Å². The number of hydrogen-bond acceptors (Lipinski definition) is 2. The number of amides is 1. The first-order valence-corrected chi connectivity index (χ1v) is 10.2. The molecule has 0 aromatic carbocycles. The Kier molecular flexibility index (Phi) is 22.5. The molecule has 0 aromatic rings. The summed E-state index contributed by atoms with van der Waals surface area (Å²) >= 11 is 0. The van der Waals surface area contributed by atoms with E-state index in [-0.39, 0.29) is 36.9 Å². The van der Waals surface area contributed by atoms with Crippen molar-refractivity contribution in [3.63, 3.8) is 0 Å². The summed E-state index contributed by atoms with van der Waals surface area (Å²) in [6, 6.07) is -0.796. The molecule has 0 saturated carbocycles. The van der Waals surface area contributed by atoms with Crippen LogP contribution >= 0.6 is 0 Å². The summed E-state index contributed by atoms with van der Waals surface area (Å²) in [5.74, 6) is -1.15. The van der Waals surface area contributed by atoms with Gasteiger partial charge in [0.15, 0.2) is 0 Å². The third-order valence-corrected chi connectivity index (χ3v) is 4.41. The van der Waals surface area contributed by atoms with E-state index in [2.05, 4.69) is 24.4 Å². The quantitative estimate of drug-likeness (QED) is 0.233. The normalized spacial score (nSPS) is 11.9. The summed E-state index contributed by atoms with van der Waals surface area (Å²) in [7, 11) is 0. The number of hydrogen-bond donors (Lipinski definition) is 2. The third kappa shape index (κ3) is 20.0. The van der Waals surface area contributed by atoms with Gasteiger partial charge in [-0.05, 0) is 39.0 Å². The van der Waals surface area contributed by atoms with Gasteiger partial charge in [0.2, 0.25) is 5.91 Å². The van der Waals surface area contributed by atoms with Crippen LogP contribution in [0, 0.1) is 0 Å². The van der Waals surface area contributed by atoms with Crippen molar-refractivity contribution in [2.24, 2.45) is 0 Å².